The maximum Gasteiger partial charge on any atom is 0.308 e. The largest absolute Gasteiger partial charge is 0.483 e. The highest BCUT2D eigenvalue weighted by Crippen LogP contribution is 2.49. The van der Waals surface area contributed by atoms with Gasteiger partial charge in [-0.25, -0.2) is 0 Å². The van der Waals surface area contributed by atoms with E-state index in [0.29, 0.717) is 17.6 Å². The first kappa shape index (κ1) is 22.9. The van der Waals surface area contributed by atoms with E-state index in [1.54, 1.807) is 0 Å². The van der Waals surface area contributed by atoms with Gasteiger partial charge in [-0.3, -0.25) is 4.79 Å². The summed E-state index contributed by atoms with van der Waals surface area (Å²) in [5.74, 6) is 2.16. The molecular weight excluding hydrogens is 374 g/mol. The molecule has 0 fully saturated rings. The van der Waals surface area contributed by atoms with E-state index in [4.69, 9.17) is 9.47 Å². The molecule has 2 unspecified atom stereocenters. The zero-order valence-corrected chi connectivity index (χ0v) is 19.9. The van der Waals surface area contributed by atoms with Crippen molar-refractivity contribution in [2.75, 3.05) is 20.1 Å². The third-order valence-electron chi connectivity index (χ3n) is 6.91. The van der Waals surface area contributed by atoms with Gasteiger partial charge in [-0.05, 0) is 68.0 Å². The molecule has 1 aromatic rings. The topological polar surface area (TPSA) is 38.8 Å². The minimum atomic E-state index is -0.342. The maximum absolute atomic E-state index is 12.0. The van der Waals surface area contributed by atoms with E-state index in [9.17, 15) is 4.79 Å². The zero-order chi connectivity index (χ0) is 22.1. The molecule has 3 rings (SSSR count). The molecular formula is C26H39NO3. The van der Waals surface area contributed by atoms with E-state index < -0.39 is 0 Å². The van der Waals surface area contributed by atoms with Crippen LogP contribution in [0, 0.1) is 5.92 Å². The Morgan fingerprint density at radius 3 is 2.67 bits per heavy atom. The lowest BCUT2D eigenvalue weighted by Gasteiger charge is -2.42. The van der Waals surface area contributed by atoms with Crippen molar-refractivity contribution in [1.82, 2.24) is 4.90 Å². The number of likely N-dealkylation sites (N-methyl/N-ethyl adjacent to an activating group) is 1. The third kappa shape index (κ3) is 4.74. The molecule has 0 saturated heterocycles. The summed E-state index contributed by atoms with van der Waals surface area (Å²) in [6, 6.07) is 4.28. The van der Waals surface area contributed by atoms with E-state index >= 15 is 0 Å². The molecule has 4 heteroatoms. The second-order valence-corrected chi connectivity index (χ2v) is 9.80. The van der Waals surface area contributed by atoms with E-state index in [-0.39, 0.29) is 11.6 Å². The molecule has 30 heavy (non-hydrogen) atoms. The van der Waals surface area contributed by atoms with Crippen molar-refractivity contribution in [3.05, 3.63) is 28.8 Å². The van der Waals surface area contributed by atoms with Crippen molar-refractivity contribution < 1.29 is 14.3 Å². The van der Waals surface area contributed by atoms with Crippen LogP contribution in [0.1, 0.15) is 90.7 Å². The van der Waals surface area contributed by atoms with Gasteiger partial charge in [0.15, 0.2) is 0 Å². The van der Waals surface area contributed by atoms with Crippen LogP contribution in [-0.2, 0) is 4.79 Å². The Labute approximate surface area is 182 Å². The van der Waals surface area contributed by atoms with Crippen LogP contribution in [0.5, 0.6) is 11.5 Å². The number of ether oxygens (including phenoxy) is 2. The molecule has 2 aliphatic heterocycles. The van der Waals surface area contributed by atoms with Crippen LogP contribution in [0.4, 0.5) is 0 Å². The van der Waals surface area contributed by atoms with Crippen LogP contribution < -0.4 is 9.47 Å². The first-order valence-corrected chi connectivity index (χ1v) is 11.6. The van der Waals surface area contributed by atoms with Crippen molar-refractivity contribution in [2.24, 2.45) is 5.92 Å². The minimum Gasteiger partial charge on any atom is -0.483 e. The lowest BCUT2D eigenvalue weighted by Crippen LogP contribution is -2.41. The Morgan fingerprint density at radius 1 is 1.27 bits per heavy atom. The number of nitrogens with zero attached hydrogens (tertiary/aromatic N) is 1. The van der Waals surface area contributed by atoms with Gasteiger partial charge in [0.2, 0.25) is 0 Å². The number of rotatable bonds is 7. The summed E-state index contributed by atoms with van der Waals surface area (Å²) in [4.78, 5) is 14.3. The molecule has 4 nitrogen and oxygen atoms in total. The monoisotopic (exact) mass is 413 g/mol. The summed E-state index contributed by atoms with van der Waals surface area (Å²) in [6.07, 6.45) is 5.97. The second kappa shape index (κ2) is 9.13. The molecule has 2 heterocycles. The van der Waals surface area contributed by atoms with Crippen molar-refractivity contribution in [1.29, 1.82) is 0 Å². The van der Waals surface area contributed by atoms with E-state index in [0.717, 1.165) is 30.8 Å². The number of carbonyl (C=O) groups excluding carboxylic acids is 1. The third-order valence-corrected chi connectivity index (χ3v) is 6.91. The van der Waals surface area contributed by atoms with Gasteiger partial charge in [-0.2, -0.15) is 0 Å². The van der Waals surface area contributed by atoms with Crippen molar-refractivity contribution >= 4 is 11.5 Å². The fourth-order valence-corrected chi connectivity index (χ4v) is 4.91. The molecule has 0 aromatic heterocycles. The van der Waals surface area contributed by atoms with E-state index in [1.165, 1.54) is 49.3 Å². The predicted octanol–water partition coefficient (Wildman–Crippen LogP) is 6.19. The zero-order valence-electron chi connectivity index (χ0n) is 19.9. The molecule has 2 aliphatic rings. The highest BCUT2D eigenvalue weighted by Gasteiger charge is 2.39. The van der Waals surface area contributed by atoms with E-state index in [1.807, 2.05) is 0 Å². The fraction of sp³-hybridized carbons (Fsp3) is 0.654. The Balaban J connectivity index is 2.05. The smallest absolute Gasteiger partial charge is 0.308 e. The van der Waals surface area contributed by atoms with Gasteiger partial charge < -0.3 is 14.4 Å². The Kier molecular flexibility index (Phi) is 6.96. The fourth-order valence-electron chi connectivity index (χ4n) is 4.91. The Morgan fingerprint density at radius 2 is 2.00 bits per heavy atom. The summed E-state index contributed by atoms with van der Waals surface area (Å²) in [5, 5.41) is 0. The van der Waals surface area contributed by atoms with Crippen LogP contribution in [0.25, 0.3) is 5.57 Å². The molecule has 0 bridgehead atoms. The molecule has 0 saturated carbocycles. The lowest BCUT2D eigenvalue weighted by atomic mass is 9.79. The van der Waals surface area contributed by atoms with Crippen LogP contribution in [-0.4, -0.2) is 36.6 Å². The first-order chi connectivity index (χ1) is 14.1. The molecule has 1 aromatic carbocycles. The standard InChI is InChI=1S/C26H39NO3/c1-8-9-10-11-17(2)18(3)20-14-23(29-19(4)28)25-21-16-27(7)13-12-22(21)26(5,6)30-24(25)15-20/h14-15,17-18H,8-13,16H2,1-7H3. The van der Waals surface area contributed by atoms with Gasteiger partial charge in [0.05, 0.1) is 5.56 Å². The van der Waals surface area contributed by atoms with Crippen LogP contribution in [0.2, 0.25) is 0 Å². The number of hydrogen-bond donors (Lipinski definition) is 0. The van der Waals surface area contributed by atoms with Crippen molar-refractivity contribution in [2.45, 2.75) is 85.2 Å². The van der Waals surface area contributed by atoms with Gasteiger partial charge in [0, 0.05) is 20.0 Å². The summed E-state index contributed by atoms with van der Waals surface area (Å²) in [7, 11) is 2.14. The Hall–Kier alpha value is -1.81. The first-order valence-electron chi connectivity index (χ1n) is 11.6. The number of hydrogen-bond acceptors (Lipinski definition) is 4. The normalized spacial score (nSPS) is 20.1. The molecule has 0 spiro atoms. The number of unbranched alkanes of at least 4 members (excludes halogenated alkanes) is 2. The second-order valence-electron chi connectivity index (χ2n) is 9.80. The molecule has 0 aliphatic carbocycles. The van der Waals surface area contributed by atoms with Crippen LogP contribution >= 0.6 is 0 Å². The summed E-state index contributed by atoms with van der Waals surface area (Å²) in [6.45, 7) is 14.5. The van der Waals surface area contributed by atoms with Crippen molar-refractivity contribution in [3.8, 4) is 11.5 Å². The average molecular weight is 414 g/mol. The van der Waals surface area contributed by atoms with Gasteiger partial charge in [0.1, 0.15) is 17.1 Å². The summed E-state index contributed by atoms with van der Waals surface area (Å²) in [5.41, 5.74) is 4.42. The molecule has 0 N–H and O–H groups in total. The van der Waals surface area contributed by atoms with Gasteiger partial charge in [0.25, 0.3) is 0 Å². The highest BCUT2D eigenvalue weighted by molar-refractivity contribution is 5.84. The number of benzene rings is 1. The number of carbonyl (C=O) groups is 1. The number of fused-ring (bicyclic) bond motifs is 2. The van der Waals surface area contributed by atoms with Crippen LogP contribution in [0.15, 0.2) is 17.7 Å². The molecule has 0 amide bonds. The average Bonchev–Trinajstić information content (AvgIpc) is 2.65. The maximum atomic E-state index is 12.0. The van der Waals surface area contributed by atoms with Crippen molar-refractivity contribution in [3.63, 3.8) is 0 Å². The van der Waals surface area contributed by atoms with E-state index in [2.05, 4.69) is 58.7 Å². The predicted molar refractivity (Wildman–Crippen MR) is 123 cm³/mol. The van der Waals surface area contributed by atoms with Gasteiger partial charge in [-0.15, -0.1) is 0 Å². The van der Waals surface area contributed by atoms with Gasteiger partial charge in [-0.1, -0.05) is 46.5 Å². The Bertz CT molecular complexity index is 824. The van der Waals surface area contributed by atoms with Crippen LogP contribution in [0.3, 0.4) is 0 Å². The summed E-state index contributed by atoms with van der Waals surface area (Å²) >= 11 is 0. The highest BCUT2D eigenvalue weighted by atomic mass is 16.5. The summed E-state index contributed by atoms with van der Waals surface area (Å²) < 4.78 is 12.3. The molecule has 2 atom stereocenters. The van der Waals surface area contributed by atoms with Gasteiger partial charge >= 0.3 is 5.97 Å². The SMILES string of the molecule is CCCCCC(C)C(C)c1cc(OC(C)=O)c2c(c1)OC(C)(C)C1=C2CN(C)CC1. The minimum absolute atomic E-state index is 0.283. The quantitative estimate of drug-likeness (QED) is 0.303. The molecule has 166 valence electrons. The molecule has 0 radical (unpaired) electrons. The lowest BCUT2D eigenvalue weighted by molar-refractivity contribution is -0.131. The number of esters is 1.